The summed E-state index contributed by atoms with van der Waals surface area (Å²) in [7, 11) is 0. The van der Waals surface area contributed by atoms with Crippen LogP contribution < -0.4 is 0 Å². The Hall–Kier alpha value is -1.56. The second-order valence-corrected chi connectivity index (χ2v) is 8.27. The molecule has 5 rings (SSSR count). The highest BCUT2D eigenvalue weighted by Crippen LogP contribution is 2.63. The van der Waals surface area contributed by atoms with Gasteiger partial charge in [-0.1, -0.05) is 55.2 Å². The summed E-state index contributed by atoms with van der Waals surface area (Å²) < 4.78 is 0. The van der Waals surface area contributed by atoms with E-state index in [-0.39, 0.29) is 0 Å². The molecule has 0 heterocycles. The van der Waals surface area contributed by atoms with E-state index in [2.05, 4.69) is 44.2 Å². The van der Waals surface area contributed by atoms with Gasteiger partial charge in [0.1, 0.15) is 0 Å². The smallest absolute Gasteiger partial charge is 0.0161 e. The van der Waals surface area contributed by atoms with Gasteiger partial charge in [0.05, 0.1) is 0 Å². The van der Waals surface area contributed by atoms with Crippen molar-refractivity contribution in [2.24, 2.45) is 5.41 Å². The Morgan fingerprint density at radius 3 is 2.48 bits per heavy atom. The van der Waals surface area contributed by atoms with Crippen molar-refractivity contribution in [2.45, 2.75) is 64.7 Å². The van der Waals surface area contributed by atoms with Crippen LogP contribution in [-0.2, 0) is 6.42 Å². The van der Waals surface area contributed by atoms with Crippen molar-refractivity contribution in [3.8, 4) is 11.1 Å². The van der Waals surface area contributed by atoms with Gasteiger partial charge in [-0.05, 0) is 78.3 Å². The standard InChI is InChI=1S/C23H26/c1-15-6-8-18-19-9-7-16(2)17-10-13-23(11-4-3-5-12-23)22(21(17)19)20(18)14-15/h6-9,14,22H,3-5,10-13H2,1-2H3. The van der Waals surface area contributed by atoms with Crippen molar-refractivity contribution in [1.82, 2.24) is 0 Å². The SMILES string of the molecule is Cc1ccc2c(c1)C1c3c-2ccc(C)c3CCC12CCCCC2. The summed E-state index contributed by atoms with van der Waals surface area (Å²) in [4.78, 5) is 0. The quantitative estimate of drug-likeness (QED) is 0.534. The average Bonchev–Trinajstić information content (AvgIpc) is 2.89. The second-order valence-electron chi connectivity index (χ2n) is 8.27. The lowest BCUT2D eigenvalue weighted by molar-refractivity contribution is 0.138. The van der Waals surface area contributed by atoms with E-state index in [1.54, 1.807) is 22.3 Å². The molecule has 0 radical (unpaired) electrons. The van der Waals surface area contributed by atoms with Crippen LogP contribution in [0.1, 0.15) is 72.3 Å². The van der Waals surface area contributed by atoms with Crippen LogP contribution in [0.4, 0.5) is 0 Å². The zero-order valence-corrected chi connectivity index (χ0v) is 14.4. The van der Waals surface area contributed by atoms with E-state index in [1.807, 2.05) is 0 Å². The van der Waals surface area contributed by atoms with Gasteiger partial charge in [0.25, 0.3) is 0 Å². The van der Waals surface area contributed by atoms with Crippen molar-refractivity contribution in [3.05, 3.63) is 58.1 Å². The first-order valence-electron chi connectivity index (χ1n) is 9.43. The summed E-state index contributed by atoms with van der Waals surface area (Å²) >= 11 is 0. The minimum Gasteiger partial charge on any atom is -0.0587 e. The molecule has 0 bridgehead atoms. The minimum absolute atomic E-state index is 0.548. The lowest BCUT2D eigenvalue weighted by atomic mass is 9.57. The summed E-state index contributed by atoms with van der Waals surface area (Å²) in [6.45, 7) is 4.57. The summed E-state index contributed by atoms with van der Waals surface area (Å²) in [6, 6.07) is 12.0. The fraction of sp³-hybridized carbons (Fsp3) is 0.478. The van der Waals surface area contributed by atoms with E-state index >= 15 is 0 Å². The van der Waals surface area contributed by atoms with Gasteiger partial charge in [-0.15, -0.1) is 0 Å². The Kier molecular flexibility index (Phi) is 2.84. The zero-order chi connectivity index (χ0) is 15.6. The summed E-state index contributed by atoms with van der Waals surface area (Å²) in [5, 5.41) is 0. The van der Waals surface area contributed by atoms with Crippen LogP contribution in [0.3, 0.4) is 0 Å². The second kappa shape index (κ2) is 4.72. The first kappa shape index (κ1) is 13.8. The van der Waals surface area contributed by atoms with E-state index in [9.17, 15) is 0 Å². The van der Waals surface area contributed by atoms with Gasteiger partial charge in [0.2, 0.25) is 0 Å². The molecule has 0 N–H and O–H groups in total. The number of hydrogen-bond donors (Lipinski definition) is 0. The normalized spacial score (nSPS) is 23.7. The molecule has 118 valence electrons. The van der Waals surface area contributed by atoms with Gasteiger partial charge in [0.15, 0.2) is 0 Å². The van der Waals surface area contributed by atoms with Gasteiger partial charge in [-0.2, -0.15) is 0 Å². The first-order chi connectivity index (χ1) is 11.2. The third kappa shape index (κ3) is 1.78. The third-order valence-electron chi connectivity index (χ3n) is 7.02. The predicted molar refractivity (Wildman–Crippen MR) is 97.0 cm³/mol. The van der Waals surface area contributed by atoms with E-state index in [0.29, 0.717) is 11.3 Å². The molecule has 23 heavy (non-hydrogen) atoms. The van der Waals surface area contributed by atoms with E-state index in [1.165, 1.54) is 61.6 Å². The molecule has 0 saturated heterocycles. The molecule has 2 aromatic rings. The van der Waals surface area contributed by atoms with E-state index in [0.717, 1.165) is 0 Å². The van der Waals surface area contributed by atoms with Crippen LogP contribution in [0.15, 0.2) is 30.3 Å². The largest absolute Gasteiger partial charge is 0.0587 e. The van der Waals surface area contributed by atoms with Gasteiger partial charge in [-0.25, -0.2) is 0 Å². The molecule has 3 aliphatic carbocycles. The maximum Gasteiger partial charge on any atom is 0.0161 e. The van der Waals surface area contributed by atoms with Crippen molar-refractivity contribution >= 4 is 0 Å². The van der Waals surface area contributed by atoms with Crippen LogP contribution >= 0.6 is 0 Å². The Bertz CT molecular complexity index is 790. The Morgan fingerprint density at radius 1 is 0.870 bits per heavy atom. The molecule has 0 heteroatoms. The molecule has 1 unspecified atom stereocenters. The highest BCUT2D eigenvalue weighted by molar-refractivity contribution is 5.82. The molecule has 3 aliphatic rings. The highest BCUT2D eigenvalue weighted by Gasteiger charge is 2.48. The molecule has 0 nitrogen and oxygen atoms in total. The predicted octanol–water partition coefficient (Wildman–Crippen LogP) is 6.31. The lowest BCUT2D eigenvalue weighted by Crippen LogP contribution is -2.35. The summed E-state index contributed by atoms with van der Waals surface area (Å²) in [5.74, 6) is 0.677. The molecule has 1 saturated carbocycles. The molecule has 1 fully saturated rings. The Balaban J connectivity index is 1.81. The molecule has 0 amide bonds. The topological polar surface area (TPSA) is 0 Å². The maximum atomic E-state index is 2.50. The lowest BCUT2D eigenvalue weighted by Gasteiger charge is -2.47. The number of fused-ring (bicyclic) bond motifs is 4. The Morgan fingerprint density at radius 2 is 1.65 bits per heavy atom. The van der Waals surface area contributed by atoms with Crippen molar-refractivity contribution < 1.29 is 0 Å². The monoisotopic (exact) mass is 302 g/mol. The molecule has 0 aliphatic heterocycles. The molecule has 0 aromatic heterocycles. The van der Waals surface area contributed by atoms with Crippen LogP contribution in [-0.4, -0.2) is 0 Å². The third-order valence-corrected chi connectivity index (χ3v) is 7.02. The van der Waals surface area contributed by atoms with Crippen LogP contribution in [0, 0.1) is 19.3 Å². The van der Waals surface area contributed by atoms with Gasteiger partial charge in [0, 0.05) is 5.92 Å². The van der Waals surface area contributed by atoms with Gasteiger partial charge < -0.3 is 0 Å². The molecule has 1 spiro atoms. The number of benzene rings is 2. The van der Waals surface area contributed by atoms with Crippen LogP contribution in [0.25, 0.3) is 11.1 Å². The van der Waals surface area contributed by atoms with Crippen molar-refractivity contribution in [2.75, 3.05) is 0 Å². The van der Waals surface area contributed by atoms with Crippen LogP contribution in [0.2, 0.25) is 0 Å². The van der Waals surface area contributed by atoms with E-state index < -0.39 is 0 Å². The number of aryl methyl sites for hydroxylation is 2. The first-order valence-corrected chi connectivity index (χ1v) is 9.43. The molecular formula is C23H26. The van der Waals surface area contributed by atoms with Crippen molar-refractivity contribution in [1.29, 1.82) is 0 Å². The van der Waals surface area contributed by atoms with Gasteiger partial charge in [-0.3, -0.25) is 0 Å². The van der Waals surface area contributed by atoms with Gasteiger partial charge >= 0.3 is 0 Å². The molecular weight excluding hydrogens is 276 g/mol. The number of hydrogen-bond acceptors (Lipinski definition) is 0. The molecule has 1 atom stereocenters. The Labute approximate surface area is 139 Å². The zero-order valence-electron chi connectivity index (χ0n) is 14.4. The fourth-order valence-corrected chi connectivity index (χ4v) is 5.94. The average molecular weight is 302 g/mol. The number of rotatable bonds is 0. The molecule has 2 aromatic carbocycles. The minimum atomic E-state index is 0.548. The van der Waals surface area contributed by atoms with E-state index in [4.69, 9.17) is 0 Å². The summed E-state index contributed by atoms with van der Waals surface area (Å²) in [5.41, 5.74) is 11.6. The van der Waals surface area contributed by atoms with Crippen molar-refractivity contribution in [3.63, 3.8) is 0 Å². The maximum absolute atomic E-state index is 2.50. The highest BCUT2D eigenvalue weighted by atomic mass is 14.5. The van der Waals surface area contributed by atoms with Crippen LogP contribution in [0.5, 0.6) is 0 Å². The summed E-state index contributed by atoms with van der Waals surface area (Å²) in [6.07, 6.45) is 9.92. The fourth-order valence-electron chi connectivity index (χ4n) is 5.94.